The summed E-state index contributed by atoms with van der Waals surface area (Å²) < 4.78 is 1.88. The Hall–Kier alpha value is -1.95. The largest absolute Gasteiger partial charge is 0.354 e. The maximum atomic E-state index is 4.57. The van der Waals surface area contributed by atoms with E-state index in [2.05, 4.69) is 31.3 Å². The fourth-order valence-corrected chi connectivity index (χ4v) is 2.56. The average molecular weight is 272 g/mol. The van der Waals surface area contributed by atoms with E-state index in [0.717, 1.165) is 55.0 Å². The first kappa shape index (κ1) is 13.1. The summed E-state index contributed by atoms with van der Waals surface area (Å²) in [7, 11) is 0. The summed E-state index contributed by atoms with van der Waals surface area (Å²) in [6.45, 7) is 9.92. The van der Waals surface area contributed by atoms with Gasteiger partial charge in [-0.3, -0.25) is 0 Å². The number of hydrogen-bond acceptors (Lipinski definition) is 5. The molecular weight excluding hydrogens is 252 g/mol. The van der Waals surface area contributed by atoms with Gasteiger partial charge in [0.15, 0.2) is 5.82 Å². The number of nitrogens with zero attached hydrogens (tertiary/aromatic N) is 5. The van der Waals surface area contributed by atoms with Gasteiger partial charge in [0, 0.05) is 37.9 Å². The molecule has 0 radical (unpaired) electrons. The zero-order valence-electron chi connectivity index (χ0n) is 12.2. The lowest BCUT2D eigenvalue weighted by Crippen LogP contribution is -2.44. The first-order valence-electron chi connectivity index (χ1n) is 6.98. The minimum Gasteiger partial charge on any atom is -0.354 e. The highest BCUT2D eigenvalue weighted by Gasteiger charge is 2.15. The van der Waals surface area contributed by atoms with E-state index in [-0.39, 0.29) is 0 Å². The third kappa shape index (κ3) is 2.51. The third-order valence-corrected chi connectivity index (χ3v) is 3.48. The zero-order valence-corrected chi connectivity index (χ0v) is 12.2. The lowest BCUT2D eigenvalue weighted by Gasteiger charge is -2.28. The van der Waals surface area contributed by atoms with Crippen LogP contribution in [0.15, 0.2) is 12.1 Å². The van der Waals surface area contributed by atoms with Gasteiger partial charge in [-0.25, -0.2) is 14.6 Å². The van der Waals surface area contributed by atoms with E-state index in [9.17, 15) is 0 Å². The van der Waals surface area contributed by atoms with Gasteiger partial charge in [0.25, 0.3) is 0 Å². The number of hydrogen-bond donors (Lipinski definition) is 1. The molecule has 3 heterocycles. The van der Waals surface area contributed by atoms with Crippen molar-refractivity contribution in [2.45, 2.75) is 20.8 Å². The quantitative estimate of drug-likeness (QED) is 0.883. The molecule has 1 N–H and O–H groups in total. The van der Waals surface area contributed by atoms with Crippen LogP contribution in [0.25, 0.3) is 5.82 Å². The van der Waals surface area contributed by atoms with Gasteiger partial charge in [-0.05, 0) is 26.8 Å². The minimum atomic E-state index is 0.781. The molecule has 6 heteroatoms. The van der Waals surface area contributed by atoms with Crippen molar-refractivity contribution in [1.29, 1.82) is 0 Å². The van der Waals surface area contributed by atoms with Crippen molar-refractivity contribution >= 4 is 5.82 Å². The lowest BCUT2D eigenvalue weighted by molar-refractivity contribution is 0.583. The van der Waals surface area contributed by atoms with Crippen LogP contribution in [0.3, 0.4) is 0 Å². The lowest BCUT2D eigenvalue weighted by atomic mass is 10.3. The Morgan fingerprint density at radius 2 is 1.70 bits per heavy atom. The van der Waals surface area contributed by atoms with Crippen LogP contribution < -0.4 is 10.2 Å². The molecule has 1 fully saturated rings. The van der Waals surface area contributed by atoms with Gasteiger partial charge in [-0.2, -0.15) is 5.10 Å². The second kappa shape index (κ2) is 5.20. The SMILES string of the molecule is Cc1cc(C)n(-c2cc(N3CCNCC3)nc(C)n2)n1. The van der Waals surface area contributed by atoms with E-state index in [1.807, 2.05) is 31.5 Å². The van der Waals surface area contributed by atoms with Gasteiger partial charge < -0.3 is 10.2 Å². The molecule has 2 aromatic heterocycles. The number of rotatable bonds is 2. The van der Waals surface area contributed by atoms with Crippen LogP contribution in [0.2, 0.25) is 0 Å². The molecule has 3 rings (SSSR count). The Morgan fingerprint density at radius 3 is 2.35 bits per heavy atom. The Labute approximate surface area is 118 Å². The van der Waals surface area contributed by atoms with Gasteiger partial charge in [0.1, 0.15) is 11.6 Å². The summed E-state index contributed by atoms with van der Waals surface area (Å²) in [5.41, 5.74) is 2.09. The molecule has 0 unspecified atom stereocenters. The van der Waals surface area contributed by atoms with Crippen LogP contribution in [0.5, 0.6) is 0 Å². The second-order valence-corrected chi connectivity index (χ2v) is 5.21. The van der Waals surface area contributed by atoms with Crippen molar-refractivity contribution in [3.05, 3.63) is 29.3 Å². The highest BCUT2D eigenvalue weighted by molar-refractivity contribution is 5.45. The summed E-state index contributed by atoms with van der Waals surface area (Å²) in [5, 5.41) is 7.86. The fraction of sp³-hybridized carbons (Fsp3) is 0.500. The van der Waals surface area contributed by atoms with E-state index in [0.29, 0.717) is 0 Å². The van der Waals surface area contributed by atoms with E-state index < -0.39 is 0 Å². The van der Waals surface area contributed by atoms with Gasteiger partial charge in [-0.1, -0.05) is 0 Å². The smallest absolute Gasteiger partial charge is 0.159 e. The molecule has 1 aliphatic heterocycles. The van der Waals surface area contributed by atoms with Crippen molar-refractivity contribution in [2.24, 2.45) is 0 Å². The summed E-state index contributed by atoms with van der Waals surface area (Å²) >= 11 is 0. The predicted octanol–water partition coefficient (Wildman–Crippen LogP) is 0.997. The Kier molecular flexibility index (Phi) is 3.40. The molecule has 0 bridgehead atoms. The topological polar surface area (TPSA) is 58.9 Å². The number of aryl methyl sites for hydroxylation is 3. The molecule has 2 aromatic rings. The second-order valence-electron chi connectivity index (χ2n) is 5.21. The van der Waals surface area contributed by atoms with Gasteiger partial charge in [-0.15, -0.1) is 0 Å². The van der Waals surface area contributed by atoms with Crippen molar-refractivity contribution < 1.29 is 0 Å². The molecule has 0 amide bonds. The summed E-state index contributed by atoms with van der Waals surface area (Å²) in [6.07, 6.45) is 0. The summed E-state index contributed by atoms with van der Waals surface area (Å²) in [4.78, 5) is 11.4. The molecule has 20 heavy (non-hydrogen) atoms. The van der Waals surface area contributed by atoms with E-state index in [1.165, 1.54) is 0 Å². The van der Waals surface area contributed by atoms with Gasteiger partial charge >= 0.3 is 0 Å². The summed E-state index contributed by atoms with van der Waals surface area (Å²) in [5.74, 6) is 2.61. The van der Waals surface area contributed by atoms with Crippen molar-refractivity contribution in [3.63, 3.8) is 0 Å². The molecule has 0 aliphatic carbocycles. The van der Waals surface area contributed by atoms with Gasteiger partial charge in [0.2, 0.25) is 0 Å². The van der Waals surface area contributed by atoms with Crippen LogP contribution in [0.1, 0.15) is 17.2 Å². The highest BCUT2D eigenvalue weighted by atomic mass is 15.3. The molecule has 0 saturated carbocycles. The first-order valence-corrected chi connectivity index (χ1v) is 6.98. The Balaban J connectivity index is 1.99. The molecule has 1 aliphatic rings. The number of anilines is 1. The highest BCUT2D eigenvalue weighted by Crippen LogP contribution is 2.17. The van der Waals surface area contributed by atoms with Crippen molar-refractivity contribution in [1.82, 2.24) is 25.1 Å². The van der Waals surface area contributed by atoms with Crippen molar-refractivity contribution in [3.8, 4) is 5.82 Å². The molecule has 106 valence electrons. The van der Waals surface area contributed by atoms with Crippen LogP contribution in [-0.2, 0) is 0 Å². The first-order chi connectivity index (χ1) is 9.63. The van der Waals surface area contributed by atoms with Crippen molar-refractivity contribution in [2.75, 3.05) is 31.1 Å². The molecule has 0 spiro atoms. The molecule has 1 saturated heterocycles. The van der Waals surface area contributed by atoms with E-state index in [1.54, 1.807) is 0 Å². The molecule has 0 atom stereocenters. The standard InChI is InChI=1S/C14H20N6/c1-10-8-11(2)20(18-10)14-9-13(16-12(3)17-14)19-6-4-15-5-7-19/h8-9,15H,4-7H2,1-3H3. The summed E-state index contributed by atoms with van der Waals surface area (Å²) in [6, 6.07) is 4.08. The van der Waals surface area contributed by atoms with E-state index in [4.69, 9.17) is 0 Å². The van der Waals surface area contributed by atoms with Crippen LogP contribution in [-0.4, -0.2) is 45.9 Å². The van der Waals surface area contributed by atoms with Crippen LogP contribution in [0, 0.1) is 20.8 Å². The molecule has 6 nitrogen and oxygen atoms in total. The number of aromatic nitrogens is 4. The zero-order chi connectivity index (χ0) is 14.1. The number of nitrogens with one attached hydrogen (secondary N) is 1. The predicted molar refractivity (Wildman–Crippen MR) is 78.4 cm³/mol. The minimum absolute atomic E-state index is 0.781. The van der Waals surface area contributed by atoms with Crippen LogP contribution >= 0.6 is 0 Å². The average Bonchev–Trinajstić information content (AvgIpc) is 2.78. The monoisotopic (exact) mass is 272 g/mol. The third-order valence-electron chi connectivity index (χ3n) is 3.48. The molecule has 0 aromatic carbocycles. The Bertz CT molecular complexity index is 612. The van der Waals surface area contributed by atoms with E-state index >= 15 is 0 Å². The maximum absolute atomic E-state index is 4.57. The Morgan fingerprint density at radius 1 is 1.00 bits per heavy atom. The normalized spacial score (nSPS) is 15.7. The molecular formula is C14H20N6. The van der Waals surface area contributed by atoms with Crippen LogP contribution in [0.4, 0.5) is 5.82 Å². The van der Waals surface area contributed by atoms with Gasteiger partial charge in [0.05, 0.1) is 5.69 Å². The maximum Gasteiger partial charge on any atom is 0.159 e. The number of piperazine rings is 1. The fourth-order valence-electron chi connectivity index (χ4n) is 2.56.